The summed E-state index contributed by atoms with van der Waals surface area (Å²) in [5.41, 5.74) is 0.437. The van der Waals surface area contributed by atoms with E-state index in [1.54, 1.807) is 31.4 Å². The molecule has 0 fully saturated rings. The molecule has 0 radical (unpaired) electrons. The van der Waals surface area contributed by atoms with Crippen LogP contribution in [-0.2, 0) is 14.6 Å². The number of nitriles is 1. The number of nitrogens with zero attached hydrogens (tertiary/aromatic N) is 3. The molecule has 12 heteroatoms. The lowest BCUT2D eigenvalue weighted by Gasteiger charge is -2.11. The van der Waals surface area contributed by atoms with Gasteiger partial charge in [0.1, 0.15) is 17.4 Å². The van der Waals surface area contributed by atoms with Crippen LogP contribution in [0.5, 0.6) is 17.2 Å². The second-order valence-electron chi connectivity index (χ2n) is 7.17. The van der Waals surface area contributed by atoms with Gasteiger partial charge in [0.05, 0.1) is 26.1 Å². The van der Waals surface area contributed by atoms with Crippen molar-refractivity contribution in [3.63, 3.8) is 0 Å². The molecule has 0 saturated carbocycles. The molecule has 2 aromatic carbocycles. The van der Waals surface area contributed by atoms with Crippen LogP contribution in [0.25, 0.3) is 6.08 Å². The molecule has 0 aliphatic carbocycles. The number of carbonyl (C=O) groups excluding carboxylic acids is 1. The highest BCUT2D eigenvalue weighted by Crippen LogP contribution is 2.26. The highest BCUT2D eigenvalue weighted by Gasteiger charge is 2.19. The number of hydrogen-bond acceptors (Lipinski definition) is 10. The van der Waals surface area contributed by atoms with Crippen molar-refractivity contribution in [3.8, 4) is 23.3 Å². The molecule has 188 valence electrons. The Balaban J connectivity index is 1.51. The minimum absolute atomic E-state index is 0.00777. The van der Waals surface area contributed by atoms with Gasteiger partial charge in [-0.2, -0.15) is 5.26 Å². The number of amides is 1. The van der Waals surface area contributed by atoms with Crippen molar-refractivity contribution in [2.45, 2.75) is 17.7 Å². The van der Waals surface area contributed by atoms with Crippen LogP contribution in [0.3, 0.4) is 0 Å². The molecule has 3 aromatic rings. The number of para-hydroxylation sites is 2. The van der Waals surface area contributed by atoms with Gasteiger partial charge in [-0.1, -0.05) is 42.5 Å². The van der Waals surface area contributed by atoms with Crippen molar-refractivity contribution in [2.24, 2.45) is 0 Å². The quantitative estimate of drug-likeness (QED) is 0.161. The molecule has 0 unspecified atom stereocenters. The third-order valence-electron chi connectivity index (χ3n) is 4.71. The lowest BCUT2D eigenvalue weighted by Crippen LogP contribution is -2.13. The SMILES string of the molecule is CCS(=O)(=O)c1nnc(NC(=O)/C(C#N)=C\c2ccc(OCCCOc3ccccc3OC)cc2)s1. The van der Waals surface area contributed by atoms with E-state index >= 15 is 0 Å². The third kappa shape index (κ3) is 7.27. The Bertz CT molecular complexity index is 1360. The lowest BCUT2D eigenvalue weighted by atomic mass is 10.1. The van der Waals surface area contributed by atoms with Crippen molar-refractivity contribution in [2.75, 3.05) is 31.4 Å². The van der Waals surface area contributed by atoms with Crippen LogP contribution in [0, 0.1) is 11.3 Å². The summed E-state index contributed by atoms with van der Waals surface area (Å²) in [5.74, 6) is 1.13. The maximum atomic E-state index is 12.4. The zero-order chi connectivity index (χ0) is 26.0. The Labute approximate surface area is 213 Å². The maximum absolute atomic E-state index is 12.4. The van der Waals surface area contributed by atoms with E-state index in [-0.39, 0.29) is 20.8 Å². The van der Waals surface area contributed by atoms with Gasteiger partial charge in [0.15, 0.2) is 11.5 Å². The van der Waals surface area contributed by atoms with E-state index in [1.165, 1.54) is 13.0 Å². The van der Waals surface area contributed by atoms with Crippen LogP contribution in [0.1, 0.15) is 18.9 Å². The summed E-state index contributed by atoms with van der Waals surface area (Å²) in [5, 5.41) is 19.0. The standard InChI is InChI=1S/C24H24N4O6S2/c1-3-36(30,31)24-28-27-23(35-24)26-22(29)18(16-25)15-17-9-11-19(12-10-17)33-13-6-14-34-21-8-5-4-7-20(21)32-2/h4-5,7-12,15H,3,6,13-14H2,1-2H3,(H,26,27,29)/b18-15-. The molecule has 10 nitrogen and oxygen atoms in total. The minimum Gasteiger partial charge on any atom is -0.493 e. The van der Waals surface area contributed by atoms with Gasteiger partial charge in [-0.15, -0.1) is 10.2 Å². The first-order valence-corrected chi connectivity index (χ1v) is 13.3. The molecule has 0 bridgehead atoms. The molecule has 1 aromatic heterocycles. The lowest BCUT2D eigenvalue weighted by molar-refractivity contribution is -0.112. The van der Waals surface area contributed by atoms with Crippen LogP contribution in [0.2, 0.25) is 0 Å². The van der Waals surface area contributed by atoms with Gasteiger partial charge in [-0.3, -0.25) is 10.1 Å². The largest absolute Gasteiger partial charge is 0.493 e. The number of rotatable bonds is 12. The number of methoxy groups -OCH3 is 1. The molecule has 0 aliphatic rings. The maximum Gasteiger partial charge on any atom is 0.268 e. The fourth-order valence-corrected chi connectivity index (χ4v) is 4.80. The molecule has 0 atom stereocenters. The predicted octanol–water partition coefficient (Wildman–Crippen LogP) is 3.73. The van der Waals surface area contributed by atoms with Gasteiger partial charge in [0.2, 0.25) is 19.3 Å². The molecular weight excluding hydrogens is 504 g/mol. The monoisotopic (exact) mass is 528 g/mol. The van der Waals surface area contributed by atoms with E-state index in [0.717, 1.165) is 11.3 Å². The molecule has 3 rings (SSSR count). The van der Waals surface area contributed by atoms with Crippen LogP contribution in [0.15, 0.2) is 58.4 Å². The smallest absolute Gasteiger partial charge is 0.268 e. The molecule has 36 heavy (non-hydrogen) atoms. The van der Waals surface area contributed by atoms with Crippen molar-refractivity contribution >= 4 is 38.3 Å². The topological polar surface area (TPSA) is 140 Å². The number of sulfone groups is 1. The molecule has 1 N–H and O–H groups in total. The summed E-state index contributed by atoms with van der Waals surface area (Å²) in [6.07, 6.45) is 2.07. The number of aromatic nitrogens is 2. The Hall–Kier alpha value is -3.95. The zero-order valence-corrected chi connectivity index (χ0v) is 21.3. The van der Waals surface area contributed by atoms with Gasteiger partial charge in [-0.05, 0) is 35.9 Å². The number of benzene rings is 2. The highest BCUT2D eigenvalue weighted by atomic mass is 32.2. The average Bonchev–Trinajstić information content (AvgIpc) is 3.37. The van der Waals surface area contributed by atoms with E-state index in [4.69, 9.17) is 14.2 Å². The van der Waals surface area contributed by atoms with Crippen molar-refractivity contribution < 1.29 is 27.4 Å². The van der Waals surface area contributed by atoms with Crippen LogP contribution < -0.4 is 19.5 Å². The summed E-state index contributed by atoms with van der Waals surface area (Å²) >= 11 is 0.730. The molecular formula is C24H24N4O6S2. The van der Waals surface area contributed by atoms with Crippen molar-refractivity contribution in [1.29, 1.82) is 5.26 Å². The van der Waals surface area contributed by atoms with Gasteiger partial charge >= 0.3 is 0 Å². The van der Waals surface area contributed by atoms with Gasteiger partial charge in [0, 0.05) is 6.42 Å². The second-order valence-corrected chi connectivity index (χ2v) is 10.6. The van der Waals surface area contributed by atoms with E-state index < -0.39 is 15.7 Å². The molecule has 1 heterocycles. The number of carbonyl (C=O) groups is 1. The van der Waals surface area contributed by atoms with E-state index in [2.05, 4.69) is 15.5 Å². The number of ether oxygens (including phenoxy) is 3. The first kappa shape index (κ1) is 26.7. The Morgan fingerprint density at radius 3 is 2.44 bits per heavy atom. The zero-order valence-electron chi connectivity index (χ0n) is 19.6. The van der Waals surface area contributed by atoms with E-state index in [1.807, 2.05) is 30.3 Å². The molecule has 0 aliphatic heterocycles. The van der Waals surface area contributed by atoms with Gasteiger partial charge in [0.25, 0.3) is 5.91 Å². The summed E-state index contributed by atoms with van der Waals surface area (Å²) in [6.45, 7) is 2.38. The van der Waals surface area contributed by atoms with Crippen LogP contribution >= 0.6 is 11.3 Å². The van der Waals surface area contributed by atoms with Crippen molar-refractivity contribution in [3.05, 3.63) is 59.7 Å². The molecule has 0 spiro atoms. The predicted molar refractivity (Wildman–Crippen MR) is 135 cm³/mol. The molecule has 1 amide bonds. The summed E-state index contributed by atoms with van der Waals surface area (Å²) in [6, 6.07) is 16.1. The fraction of sp³-hybridized carbons (Fsp3) is 0.250. The average molecular weight is 529 g/mol. The van der Waals surface area contributed by atoms with E-state index in [9.17, 15) is 18.5 Å². The minimum atomic E-state index is -3.53. The van der Waals surface area contributed by atoms with Gasteiger partial charge in [-0.25, -0.2) is 8.42 Å². The number of hydrogen-bond donors (Lipinski definition) is 1. The Morgan fingerprint density at radius 1 is 1.08 bits per heavy atom. The summed E-state index contributed by atoms with van der Waals surface area (Å²) in [4.78, 5) is 12.4. The normalized spacial score (nSPS) is 11.4. The first-order valence-electron chi connectivity index (χ1n) is 10.8. The second kappa shape index (κ2) is 12.7. The summed E-state index contributed by atoms with van der Waals surface area (Å²) < 4.78 is 40.2. The van der Waals surface area contributed by atoms with Crippen LogP contribution in [0.4, 0.5) is 5.13 Å². The number of nitrogens with one attached hydrogen (secondary N) is 1. The van der Waals surface area contributed by atoms with Crippen LogP contribution in [-0.4, -0.2) is 50.6 Å². The Kier molecular flexibility index (Phi) is 9.38. The summed E-state index contributed by atoms with van der Waals surface area (Å²) in [7, 11) is -1.94. The fourth-order valence-electron chi connectivity index (χ4n) is 2.82. The third-order valence-corrected chi connectivity index (χ3v) is 7.73. The Morgan fingerprint density at radius 2 is 1.78 bits per heavy atom. The first-order chi connectivity index (χ1) is 17.4. The van der Waals surface area contributed by atoms with Crippen molar-refractivity contribution in [1.82, 2.24) is 10.2 Å². The van der Waals surface area contributed by atoms with Gasteiger partial charge < -0.3 is 14.2 Å². The van der Waals surface area contributed by atoms with E-state index in [0.29, 0.717) is 42.4 Å². The highest BCUT2D eigenvalue weighted by molar-refractivity contribution is 7.93. The number of anilines is 1. The molecule has 0 saturated heterocycles.